The Balaban J connectivity index is 2.19. The van der Waals surface area contributed by atoms with Gasteiger partial charge in [-0.1, -0.05) is 22.0 Å². The molecular formula is C14H11BrN2S. The van der Waals surface area contributed by atoms with E-state index >= 15 is 0 Å². The monoisotopic (exact) mass is 318 g/mol. The summed E-state index contributed by atoms with van der Waals surface area (Å²) in [7, 11) is 0. The Kier molecular flexibility index (Phi) is 2.84. The molecule has 90 valence electrons. The van der Waals surface area contributed by atoms with Gasteiger partial charge in [0.05, 0.1) is 10.2 Å². The van der Waals surface area contributed by atoms with Crippen LogP contribution in [0.2, 0.25) is 0 Å². The number of benzene rings is 2. The Labute approximate surface area is 118 Å². The van der Waals surface area contributed by atoms with Crippen molar-refractivity contribution < 1.29 is 0 Å². The number of aryl methyl sites for hydroxylation is 1. The molecule has 0 radical (unpaired) electrons. The summed E-state index contributed by atoms with van der Waals surface area (Å²) in [4.78, 5) is 4.63. The lowest BCUT2D eigenvalue weighted by Gasteiger charge is -2.02. The molecule has 0 saturated heterocycles. The van der Waals surface area contributed by atoms with Crippen LogP contribution in [-0.4, -0.2) is 4.98 Å². The molecule has 0 aliphatic heterocycles. The molecule has 18 heavy (non-hydrogen) atoms. The first-order valence-electron chi connectivity index (χ1n) is 5.56. The molecule has 0 spiro atoms. The molecule has 0 fully saturated rings. The quantitative estimate of drug-likeness (QED) is 0.665. The topological polar surface area (TPSA) is 38.9 Å². The van der Waals surface area contributed by atoms with E-state index in [-0.39, 0.29) is 0 Å². The van der Waals surface area contributed by atoms with E-state index in [2.05, 4.69) is 33.0 Å². The number of halogens is 1. The van der Waals surface area contributed by atoms with Gasteiger partial charge in [-0.15, -0.1) is 11.3 Å². The highest BCUT2D eigenvalue weighted by Gasteiger charge is 2.09. The lowest BCUT2D eigenvalue weighted by Crippen LogP contribution is -1.90. The number of hydrogen-bond donors (Lipinski definition) is 1. The summed E-state index contributed by atoms with van der Waals surface area (Å²) in [5.74, 6) is 0. The smallest absolute Gasteiger partial charge is 0.126 e. The number of fused-ring (bicyclic) bond motifs is 1. The molecule has 0 atom stereocenters. The molecule has 3 aromatic rings. The highest BCUT2D eigenvalue weighted by Crippen LogP contribution is 2.34. The minimum atomic E-state index is 0.785. The number of nitrogens with zero attached hydrogens (tertiary/aromatic N) is 1. The van der Waals surface area contributed by atoms with Crippen molar-refractivity contribution in [3.63, 3.8) is 0 Å². The fraction of sp³-hybridized carbons (Fsp3) is 0.0714. The molecule has 0 bridgehead atoms. The molecule has 3 rings (SSSR count). The Morgan fingerprint density at radius 1 is 1.17 bits per heavy atom. The van der Waals surface area contributed by atoms with Gasteiger partial charge in [0, 0.05) is 15.7 Å². The second-order valence-electron chi connectivity index (χ2n) is 4.22. The van der Waals surface area contributed by atoms with Gasteiger partial charge in [0.1, 0.15) is 5.01 Å². The van der Waals surface area contributed by atoms with Gasteiger partial charge >= 0.3 is 0 Å². The van der Waals surface area contributed by atoms with E-state index in [1.54, 1.807) is 11.3 Å². The van der Waals surface area contributed by atoms with Crippen molar-refractivity contribution in [2.24, 2.45) is 0 Å². The molecule has 1 heterocycles. The number of nitrogen functional groups attached to an aromatic ring is 1. The standard InChI is InChI=1S/C14H11BrN2S/c1-8-2-4-10(11(16)6-8)14-17-12-5-3-9(15)7-13(12)18-14/h2-7H,16H2,1H3. The van der Waals surface area contributed by atoms with E-state index in [4.69, 9.17) is 5.73 Å². The van der Waals surface area contributed by atoms with Gasteiger partial charge in [-0.2, -0.15) is 0 Å². The van der Waals surface area contributed by atoms with Crippen LogP contribution in [0.1, 0.15) is 5.56 Å². The Bertz CT molecular complexity index is 734. The van der Waals surface area contributed by atoms with Gasteiger partial charge in [-0.25, -0.2) is 4.98 Å². The average Bonchev–Trinajstić information content (AvgIpc) is 2.71. The molecule has 2 nitrogen and oxygen atoms in total. The second-order valence-corrected chi connectivity index (χ2v) is 6.17. The van der Waals surface area contributed by atoms with E-state index < -0.39 is 0 Å². The minimum absolute atomic E-state index is 0.785. The molecule has 0 amide bonds. The van der Waals surface area contributed by atoms with E-state index in [0.29, 0.717) is 0 Å². The van der Waals surface area contributed by atoms with E-state index in [1.165, 1.54) is 10.3 Å². The van der Waals surface area contributed by atoms with E-state index in [1.807, 2.05) is 31.2 Å². The summed E-state index contributed by atoms with van der Waals surface area (Å²) in [6, 6.07) is 12.2. The lowest BCUT2D eigenvalue weighted by atomic mass is 10.1. The van der Waals surface area contributed by atoms with Crippen LogP contribution in [0.3, 0.4) is 0 Å². The maximum atomic E-state index is 6.06. The van der Waals surface area contributed by atoms with Crippen LogP contribution in [0.4, 0.5) is 5.69 Å². The van der Waals surface area contributed by atoms with Crippen LogP contribution in [0.5, 0.6) is 0 Å². The first-order chi connectivity index (χ1) is 8.63. The zero-order valence-corrected chi connectivity index (χ0v) is 12.2. The van der Waals surface area contributed by atoms with Crippen molar-refractivity contribution in [3.05, 3.63) is 46.4 Å². The summed E-state index contributed by atoms with van der Waals surface area (Å²) in [5, 5.41) is 0.973. The van der Waals surface area contributed by atoms with Crippen LogP contribution in [0.15, 0.2) is 40.9 Å². The summed E-state index contributed by atoms with van der Waals surface area (Å²) in [5.41, 5.74) is 10.0. The summed E-state index contributed by atoms with van der Waals surface area (Å²) in [6.45, 7) is 2.04. The molecule has 0 aliphatic rings. The van der Waals surface area contributed by atoms with Crippen molar-refractivity contribution in [1.29, 1.82) is 0 Å². The van der Waals surface area contributed by atoms with Gasteiger partial charge in [0.2, 0.25) is 0 Å². The van der Waals surface area contributed by atoms with E-state index in [0.717, 1.165) is 26.2 Å². The lowest BCUT2D eigenvalue weighted by molar-refractivity contribution is 1.44. The number of rotatable bonds is 1. The molecule has 2 N–H and O–H groups in total. The molecule has 2 aromatic carbocycles. The highest BCUT2D eigenvalue weighted by atomic mass is 79.9. The van der Waals surface area contributed by atoms with E-state index in [9.17, 15) is 0 Å². The van der Waals surface area contributed by atoms with Gasteiger partial charge in [-0.3, -0.25) is 0 Å². The normalized spacial score (nSPS) is 11.0. The van der Waals surface area contributed by atoms with Gasteiger partial charge in [0.15, 0.2) is 0 Å². The van der Waals surface area contributed by atoms with Crippen LogP contribution >= 0.6 is 27.3 Å². The molecule has 1 aromatic heterocycles. The largest absolute Gasteiger partial charge is 0.398 e. The SMILES string of the molecule is Cc1ccc(-c2nc3ccc(Br)cc3s2)c(N)c1. The summed E-state index contributed by atoms with van der Waals surface area (Å²) in [6.07, 6.45) is 0. The third-order valence-electron chi connectivity index (χ3n) is 2.79. The fourth-order valence-electron chi connectivity index (χ4n) is 1.89. The third kappa shape index (κ3) is 2.02. The number of thiazole rings is 1. The predicted octanol–water partition coefficient (Wildman–Crippen LogP) is 4.62. The van der Waals surface area contributed by atoms with Crippen molar-refractivity contribution in [2.45, 2.75) is 6.92 Å². The highest BCUT2D eigenvalue weighted by molar-refractivity contribution is 9.10. The molecule has 0 saturated carbocycles. The Hall–Kier alpha value is -1.39. The van der Waals surface area contributed by atoms with Crippen LogP contribution in [0, 0.1) is 6.92 Å². The maximum Gasteiger partial charge on any atom is 0.126 e. The Morgan fingerprint density at radius 2 is 2.00 bits per heavy atom. The van der Waals surface area contributed by atoms with Crippen molar-refractivity contribution in [1.82, 2.24) is 4.98 Å². The van der Waals surface area contributed by atoms with Crippen molar-refractivity contribution >= 4 is 43.2 Å². The molecule has 4 heteroatoms. The number of nitrogens with two attached hydrogens (primary N) is 1. The minimum Gasteiger partial charge on any atom is -0.398 e. The predicted molar refractivity (Wildman–Crippen MR) is 81.9 cm³/mol. The zero-order chi connectivity index (χ0) is 12.7. The third-order valence-corrected chi connectivity index (χ3v) is 4.33. The van der Waals surface area contributed by atoms with Crippen LogP contribution < -0.4 is 5.73 Å². The molecule has 0 unspecified atom stereocenters. The van der Waals surface area contributed by atoms with Gasteiger partial charge in [0.25, 0.3) is 0 Å². The molecular weight excluding hydrogens is 308 g/mol. The van der Waals surface area contributed by atoms with Crippen molar-refractivity contribution in [3.8, 4) is 10.6 Å². The van der Waals surface area contributed by atoms with Crippen LogP contribution in [0.25, 0.3) is 20.8 Å². The van der Waals surface area contributed by atoms with Gasteiger partial charge < -0.3 is 5.73 Å². The zero-order valence-electron chi connectivity index (χ0n) is 9.77. The average molecular weight is 319 g/mol. The summed E-state index contributed by atoms with van der Waals surface area (Å²) < 4.78 is 2.24. The maximum absolute atomic E-state index is 6.06. The first-order valence-corrected chi connectivity index (χ1v) is 7.17. The Morgan fingerprint density at radius 3 is 2.78 bits per heavy atom. The van der Waals surface area contributed by atoms with Crippen molar-refractivity contribution in [2.75, 3.05) is 5.73 Å². The number of hydrogen-bond acceptors (Lipinski definition) is 3. The van der Waals surface area contributed by atoms with Gasteiger partial charge in [-0.05, 0) is 42.8 Å². The number of anilines is 1. The second kappa shape index (κ2) is 4.37. The first kappa shape index (κ1) is 11.7. The van der Waals surface area contributed by atoms with Crippen LogP contribution in [-0.2, 0) is 0 Å². The molecule has 0 aliphatic carbocycles. The number of aromatic nitrogens is 1. The summed E-state index contributed by atoms with van der Waals surface area (Å²) >= 11 is 5.14. The fourth-order valence-corrected chi connectivity index (χ4v) is 3.46.